The number of nitrogens with zero attached hydrogens (tertiary/aromatic N) is 1. The van der Waals surface area contributed by atoms with Crippen LogP contribution in [0.2, 0.25) is 0 Å². The molecule has 8 nitrogen and oxygen atoms in total. The van der Waals surface area contributed by atoms with Gasteiger partial charge in [0.2, 0.25) is 0 Å². The van der Waals surface area contributed by atoms with E-state index in [9.17, 15) is 9.59 Å². The average Bonchev–Trinajstić information content (AvgIpc) is 2.94. The third-order valence-corrected chi connectivity index (χ3v) is 7.56. The highest BCUT2D eigenvalue weighted by atomic mass is 16.5. The molecule has 0 radical (unpaired) electrons. The van der Waals surface area contributed by atoms with Gasteiger partial charge < -0.3 is 28.8 Å². The quantitative estimate of drug-likeness (QED) is 0.457. The highest BCUT2D eigenvalue weighted by Gasteiger charge is 2.32. The number of carbonyl (C=O) groups is 1. The molecule has 2 fully saturated rings. The smallest absolute Gasteiger partial charge is 0.344 e. The van der Waals surface area contributed by atoms with Crippen molar-refractivity contribution in [2.45, 2.75) is 38.1 Å². The Morgan fingerprint density at radius 1 is 1.00 bits per heavy atom. The normalized spacial score (nSPS) is 19.7. The van der Waals surface area contributed by atoms with E-state index in [0.29, 0.717) is 52.5 Å². The van der Waals surface area contributed by atoms with Gasteiger partial charge in [0.1, 0.15) is 11.3 Å². The Bertz CT molecular complexity index is 1320. The van der Waals surface area contributed by atoms with Crippen LogP contribution in [0.15, 0.2) is 51.7 Å². The van der Waals surface area contributed by atoms with Crippen LogP contribution in [0.1, 0.15) is 32.1 Å². The third-order valence-electron chi connectivity index (χ3n) is 7.56. The first kappa shape index (κ1) is 25.1. The van der Waals surface area contributed by atoms with E-state index < -0.39 is 5.63 Å². The summed E-state index contributed by atoms with van der Waals surface area (Å²) in [6.07, 6.45) is 6.16. The summed E-state index contributed by atoms with van der Waals surface area (Å²) in [5.74, 6) is 1.95. The molecule has 37 heavy (non-hydrogen) atoms. The van der Waals surface area contributed by atoms with E-state index in [1.807, 2.05) is 6.07 Å². The largest absolute Gasteiger partial charge is 0.493 e. The van der Waals surface area contributed by atoms with Crippen molar-refractivity contribution in [1.82, 2.24) is 10.2 Å². The molecule has 1 aromatic heterocycles. The summed E-state index contributed by atoms with van der Waals surface area (Å²) >= 11 is 0. The van der Waals surface area contributed by atoms with Gasteiger partial charge in [0.25, 0.3) is 5.91 Å². The number of hydrogen-bond donors (Lipinski definition) is 1. The van der Waals surface area contributed by atoms with Crippen molar-refractivity contribution in [2.24, 2.45) is 5.92 Å². The lowest BCUT2D eigenvalue weighted by Crippen LogP contribution is -2.51. The molecule has 8 heteroatoms. The number of ether oxygens (including phenoxy) is 3. The molecule has 5 rings (SSSR count). The maximum Gasteiger partial charge on any atom is 0.344 e. The molecular formula is C29H34N2O6. The minimum absolute atomic E-state index is 0.0828. The second-order valence-electron chi connectivity index (χ2n) is 9.81. The second-order valence-corrected chi connectivity index (χ2v) is 9.81. The molecule has 3 heterocycles. The fourth-order valence-corrected chi connectivity index (χ4v) is 5.65. The van der Waals surface area contributed by atoms with Crippen molar-refractivity contribution < 1.29 is 23.4 Å². The molecule has 2 aliphatic rings. The Labute approximate surface area is 216 Å². The average molecular weight is 507 g/mol. The van der Waals surface area contributed by atoms with E-state index >= 15 is 0 Å². The molecule has 3 aromatic rings. The number of carbonyl (C=O) groups excluding carboxylic acids is 1. The summed E-state index contributed by atoms with van der Waals surface area (Å²) in [6.45, 7) is 2.98. The number of methoxy groups -OCH3 is 2. The number of fused-ring (bicyclic) bond motifs is 2. The lowest BCUT2D eigenvalue weighted by molar-refractivity contribution is -0.123. The number of piperidine rings is 2. The SMILES string of the molecule is COc1ccc(-c2cc3ccc(OCC(=O)NC[C@H]4CCCN5CCCC[C@H]45)cc3oc2=O)cc1OC. The van der Waals surface area contributed by atoms with E-state index in [-0.39, 0.29) is 12.5 Å². The Morgan fingerprint density at radius 3 is 2.68 bits per heavy atom. The van der Waals surface area contributed by atoms with E-state index in [1.54, 1.807) is 50.6 Å². The van der Waals surface area contributed by atoms with Crippen LogP contribution in [-0.4, -0.2) is 57.3 Å². The maximum atomic E-state index is 12.8. The second kappa shape index (κ2) is 11.3. The molecule has 196 valence electrons. The topological polar surface area (TPSA) is 90.2 Å². The highest BCUT2D eigenvalue weighted by molar-refractivity contribution is 5.83. The van der Waals surface area contributed by atoms with Crippen LogP contribution < -0.4 is 25.2 Å². The van der Waals surface area contributed by atoms with Gasteiger partial charge in [-0.15, -0.1) is 0 Å². The first-order chi connectivity index (χ1) is 18.1. The van der Waals surface area contributed by atoms with E-state index in [4.69, 9.17) is 18.6 Å². The summed E-state index contributed by atoms with van der Waals surface area (Å²) in [5.41, 5.74) is 1.01. The molecule has 2 aliphatic heterocycles. The first-order valence-electron chi connectivity index (χ1n) is 13.0. The molecular weight excluding hydrogens is 472 g/mol. The Hall–Kier alpha value is -3.52. The Balaban J connectivity index is 1.22. The van der Waals surface area contributed by atoms with Crippen molar-refractivity contribution in [3.63, 3.8) is 0 Å². The number of amides is 1. The molecule has 0 bridgehead atoms. The lowest BCUT2D eigenvalue weighted by atomic mass is 9.83. The molecule has 2 atom stereocenters. The highest BCUT2D eigenvalue weighted by Crippen LogP contribution is 2.33. The van der Waals surface area contributed by atoms with Gasteiger partial charge in [-0.25, -0.2) is 4.79 Å². The van der Waals surface area contributed by atoms with Crippen molar-refractivity contribution in [3.05, 3.63) is 52.9 Å². The minimum atomic E-state index is -0.473. The van der Waals surface area contributed by atoms with Crippen molar-refractivity contribution in [2.75, 3.05) is 40.5 Å². The van der Waals surface area contributed by atoms with Gasteiger partial charge in [0.05, 0.1) is 19.8 Å². The van der Waals surface area contributed by atoms with Gasteiger partial charge in [0, 0.05) is 24.0 Å². The van der Waals surface area contributed by atoms with Gasteiger partial charge in [-0.3, -0.25) is 4.79 Å². The summed E-state index contributed by atoms with van der Waals surface area (Å²) in [4.78, 5) is 27.8. The zero-order valence-electron chi connectivity index (χ0n) is 21.5. The summed E-state index contributed by atoms with van der Waals surface area (Å²) in [6, 6.07) is 12.9. The molecule has 0 aliphatic carbocycles. The summed E-state index contributed by atoms with van der Waals surface area (Å²) in [5, 5.41) is 3.81. The third kappa shape index (κ3) is 5.59. The van der Waals surface area contributed by atoms with Crippen molar-refractivity contribution in [3.8, 4) is 28.4 Å². The van der Waals surface area contributed by atoms with Gasteiger partial charge in [-0.05, 0) is 80.6 Å². The van der Waals surface area contributed by atoms with Crippen LogP contribution in [0.3, 0.4) is 0 Å². The van der Waals surface area contributed by atoms with Crippen LogP contribution in [0.25, 0.3) is 22.1 Å². The monoisotopic (exact) mass is 506 g/mol. The van der Waals surface area contributed by atoms with Crippen LogP contribution in [0, 0.1) is 5.92 Å². The summed E-state index contributed by atoms with van der Waals surface area (Å²) < 4.78 is 21.9. The number of rotatable bonds is 8. The first-order valence-corrected chi connectivity index (χ1v) is 13.0. The molecule has 0 spiro atoms. The predicted molar refractivity (Wildman–Crippen MR) is 141 cm³/mol. The van der Waals surface area contributed by atoms with E-state index in [2.05, 4.69) is 10.2 Å². The Kier molecular flexibility index (Phi) is 7.65. The molecule has 1 N–H and O–H groups in total. The van der Waals surface area contributed by atoms with Gasteiger partial charge in [-0.2, -0.15) is 0 Å². The molecule has 2 saturated heterocycles. The summed E-state index contributed by atoms with van der Waals surface area (Å²) in [7, 11) is 3.11. The maximum absolute atomic E-state index is 12.8. The fourth-order valence-electron chi connectivity index (χ4n) is 5.65. The van der Waals surface area contributed by atoms with Crippen LogP contribution in [-0.2, 0) is 4.79 Å². The predicted octanol–water partition coefficient (Wildman–Crippen LogP) is 4.24. The standard InChI is InChI=1S/C29H34N2O6/c1-34-25-11-9-19(15-27(25)35-2)23-14-20-8-10-22(16-26(20)37-29(23)33)36-18-28(32)30-17-21-6-5-13-31-12-4-3-7-24(21)31/h8-11,14-16,21,24H,3-7,12-13,17-18H2,1-2H3,(H,30,32)/t21-,24-/m1/s1. The number of nitrogens with one attached hydrogen (secondary N) is 1. The van der Waals surface area contributed by atoms with Crippen molar-refractivity contribution in [1.29, 1.82) is 0 Å². The zero-order valence-corrected chi connectivity index (χ0v) is 21.5. The fraction of sp³-hybridized carbons (Fsp3) is 0.448. The van der Waals surface area contributed by atoms with Gasteiger partial charge >= 0.3 is 5.63 Å². The van der Waals surface area contributed by atoms with Crippen LogP contribution in [0.4, 0.5) is 0 Å². The Morgan fingerprint density at radius 2 is 1.84 bits per heavy atom. The van der Waals surface area contributed by atoms with E-state index in [0.717, 1.165) is 11.8 Å². The molecule has 2 aromatic carbocycles. The van der Waals surface area contributed by atoms with Crippen LogP contribution in [0.5, 0.6) is 17.2 Å². The van der Waals surface area contributed by atoms with Gasteiger partial charge in [-0.1, -0.05) is 12.5 Å². The minimum Gasteiger partial charge on any atom is -0.493 e. The van der Waals surface area contributed by atoms with Crippen LogP contribution >= 0.6 is 0 Å². The molecule has 0 unspecified atom stereocenters. The van der Waals surface area contributed by atoms with E-state index in [1.165, 1.54) is 38.8 Å². The number of hydrogen-bond acceptors (Lipinski definition) is 7. The zero-order chi connectivity index (χ0) is 25.8. The lowest BCUT2D eigenvalue weighted by Gasteiger charge is -2.44. The molecule has 1 amide bonds. The molecule has 0 saturated carbocycles. The van der Waals surface area contributed by atoms with Gasteiger partial charge in [0.15, 0.2) is 18.1 Å². The van der Waals surface area contributed by atoms with Crippen molar-refractivity contribution >= 4 is 16.9 Å². The number of benzene rings is 2.